The Morgan fingerprint density at radius 3 is 2.51 bits per heavy atom. The fourth-order valence-corrected chi connectivity index (χ4v) is 4.82. The average Bonchev–Trinajstić information content (AvgIpc) is 3.23. The van der Waals surface area contributed by atoms with Gasteiger partial charge in [-0.15, -0.1) is 0 Å². The summed E-state index contributed by atoms with van der Waals surface area (Å²) < 4.78 is 14.6. The van der Waals surface area contributed by atoms with Crippen LogP contribution in [0.4, 0.5) is 4.79 Å². The van der Waals surface area contributed by atoms with Crippen LogP contribution in [0.1, 0.15) is 50.9 Å². The zero-order chi connectivity index (χ0) is 26.5. The summed E-state index contributed by atoms with van der Waals surface area (Å²) in [7, 11) is 1.58. The number of benzene rings is 1. The van der Waals surface area contributed by atoms with Gasteiger partial charge >= 0.3 is 6.09 Å². The number of piperidine rings is 1. The van der Waals surface area contributed by atoms with Crippen molar-refractivity contribution in [1.29, 1.82) is 0 Å². The SMILES string of the molecule is COc1cc2c(=O)n(C3CCN(C(=O)OC(C)(C)C)CC3)cnc2cc1-c1cc(C)c2nc(C)cn2n1. The van der Waals surface area contributed by atoms with Gasteiger partial charge in [-0.3, -0.25) is 9.36 Å². The van der Waals surface area contributed by atoms with E-state index in [1.807, 2.05) is 52.9 Å². The van der Waals surface area contributed by atoms with Gasteiger partial charge in [-0.25, -0.2) is 19.3 Å². The van der Waals surface area contributed by atoms with Gasteiger partial charge in [-0.1, -0.05) is 0 Å². The maximum atomic E-state index is 13.5. The molecule has 0 radical (unpaired) electrons. The van der Waals surface area contributed by atoms with Crippen LogP contribution >= 0.6 is 0 Å². The first-order chi connectivity index (χ1) is 17.5. The van der Waals surface area contributed by atoms with Crippen LogP contribution in [0.2, 0.25) is 0 Å². The summed E-state index contributed by atoms with van der Waals surface area (Å²) in [6.07, 6.45) is 4.46. The number of imidazole rings is 1. The van der Waals surface area contributed by atoms with E-state index in [1.54, 1.807) is 33.5 Å². The van der Waals surface area contributed by atoms with Gasteiger partial charge in [0.05, 0.1) is 41.9 Å². The van der Waals surface area contributed by atoms with Crippen LogP contribution < -0.4 is 10.3 Å². The van der Waals surface area contributed by atoms with Gasteiger partial charge in [0.15, 0.2) is 5.65 Å². The molecule has 0 bridgehead atoms. The number of amides is 1. The lowest BCUT2D eigenvalue weighted by Gasteiger charge is -2.34. The Labute approximate surface area is 214 Å². The summed E-state index contributed by atoms with van der Waals surface area (Å²) in [6.45, 7) is 10.5. The van der Waals surface area contributed by atoms with Crippen LogP contribution in [0.3, 0.4) is 0 Å². The van der Waals surface area contributed by atoms with Crippen LogP contribution in [0.5, 0.6) is 5.75 Å². The molecule has 10 heteroatoms. The van der Waals surface area contributed by atoms with Crippen LogP contribution in [0.25, 0.3) is 27.8 Å². The van der Waals surface area contributed by atoms with Gasteiger partial charge in [-0.05, 0) is 71.2 Å². The molecule has 1 saturated heterocycles. The fourth-order valence-electron chi connectivity index (χ4n) is 4.82. The van der Waals surface area contributed by atoms with E-state index in [9.17, 15) is 9.59 Å². The van der Waals surface area contributed by atoms with Crippen molar-refractivity contribution in [2.24, 2.45) is 0 Å². The summed E-state index contributed by atoms with van der Waals surface area (Å²) in [5.74, 6) is 0.548. The zero-order valence-electron chi connectivity index (χ0n) is 22.1. The molecule has 1 aromatic carbocycles. The summed E-state index contributed by atoms with van der Waals surface area (Å²) in [6, 6.07) is 5.50. The number of nitrogens with zero attached hydrogens (tertiary/aromatic N) is 6. The molecule has 1 amide bonds. The number of ether oxygens (including phenoxy) is 2. The zero-order valence-corrected chi connectivity index (χ0v) is 22.1. The Morgan fingerprint density at radius 2 is 1.84 bits per heavy atom. The number of aromatic nitrogens is 5. The third-order valence-corrected chi connectivity index (χ3v) is 6.62. The lowest BCUT2D eigenvalue weighted by Crippen LogP contribution is -2.43. The molecule has 0 aliphatic carbocycles. The minimum absolute atomic E-state index is 0.0510. The molecule has 0 unspecified atom stereocenters. The second-order valence-corrected chi connectivity index (χ2v) is 10.6. The van der Waals surface area contributed by atoms with Gasteiger partial charge in [0.25, 0.3) is 5.56 Å². The number of likely N-dealkylation sites (tertiary alicyclic amines) is 1. The fraction of sp³-hybridized carbons (Fsp3) is 0.444. The quantitative estimate of drug-likeness (QED) is 0.410. The third kappa shape index (κ3) is 4.75. The smallest absolute Gasteiger partial charge is 0.410 e. The van der Waals surface area contributed by atoms with E-state index < -0.39 is 5.60 Å². The van der Waals surface area contributed by atoms with Crippen LogP contribution in [-0.2, 0) is 4.74 Å². The Hall–Kier alpha value is -3.95. The highest BCUT2D eigenvalue weighted by molar-refractivity contribution is 5.87. The van der Waals surface area contributed by atoms with Crippen molar-refractivity contribution in [2.75, 3.05) is 20.2 Å². The van der Waals surface area contributed by atoms with Gasteiger partial charge in [0.2, 0.25) is 0 Å². The average molecular weight is 505 g/mol. The number of methoxy groups -OCH3 is 1. The molecule has 37 heavy (non-hydrogen) atoms. The van der Waals surface area contributed by atoms with Crippen molar-refractivity contribution in [3.05, 3.63) is 52.3 Å². The van der Waals surface area contributed by atoms with E-state index >= 15 is 0 Å². The molecule has 3 aromatic heterocycles. The predicted octanol–water partition coefficient (Wildman–Crippen LogP) is 4.30. The van der Waals surface area contributed by atoms with Crippen LogP contribution in [0.15, 0.2) is 35.5 Å². The van der Waals surface area contributed by atoms with Crippen molar-refractivity contribution < 1.29 is 14.3 Å². The summed E-state index contributed by atoms with van der Waals surface area (Å²) in [4.78, 5) is 36.8. The van der Waals surface area contributed by atoms with Crippen molar-refractivity contribution in [2.45, 2.75) is 59.1 Å². The molecule has 0 saturated carbocycles. The first-order valence-corrected chi connectivity index (χ1v) is 12.4. The number of aryl methyl sites for hydroxylation is 2. The second-order valence-electron chi connectivity index (χ2n) is 10.6. The van der Waals surface area contributed by atoms with Crippen LogP contribution in [0, 0.1) is 13.8 Å². The number of carbonyl (C=O) groups is 1. The maximum Gasteiger partial charge on any atom is 0.410 e. The van der Waals surface area contributed by atoms with E-state index in [4.69, 9.17) is 14.6 Å². The van der Waals surface area contributed by atoms with E-state index in [0.717, 1.165) is 22.5 Å². The lowest BCUT2D eigenvalue weighted by molar-refractivity contribution is 0.0187. The van der Waals surface area contributed by atoms with Gasteiger partial charge < -0.3 is 14.4 Å². The van der Waals surface area contributed by atoms with Crippen molar-refractivity contribution in [3.63, 3.8) is 0 Å². The van der Waals surface area contributed by atoms with Crippen molar-refractivity contribution in [3.8, 4) is 17.0 Å². The topological polar surface area (TPSA) is 104 Å². The normalized spacial score (nSPS) is 14.9. The molecule has 10 nitrogen and oxygen atoms in total. The maximum absolute atomic E-state index is 13.5. The number of fused-ring (bicyclic) bond motifs is 2. The first-order valence-electron chi connectivity index (χ1n) is 12.4. The minimum Gasteiger partial charge on any atom is -0.496 e. The molecular formula is C27H32N6O4. The summed E-state index contributed by atoms with van der Waals surface area (Å²) in [5, 5.41) is 5.20. The lowest BCUT2D eigenvalue weighted by atomic mass is 10.0. The summed E-state index contributed by atoms with van der Waals surface area (Å²) >= 11 is 0. The highest BCUT2D eigenvalue weighted by Gasteiger charge is 2.28. The Bertz CT molecular complexity index is 1560. The molecule has 4 heterocycles. The first kappa shape index (κ1) is 24.7. The second kappa shape index (κ2) is 9.17. The Balaban J connectivity index is 1.45. The molecule has 0 atom stereocenters. The van der Waals surface area contributed by atoms with Gasteiger partial charge in [0, 0.05) is 24.7 Å². The molecule has 1 aliphatic rings. The number of rotatable bonds is 3. The predicted molar refractivity (Wildman–Crippen MR) is 140 cm³/mol. The Morgan fingerprint density at radius 1 is 1.11 bits per heavy atom. The van der Waals surface area contributed by atoms with Crippen molar-refractivity contribution in [1.82, 2.24) is 29.0 Å². The monoisotopic (exact) mass is 504 g/mol. The molecule has 0 N–H and O–H groups in total. The van der Waals surface area contributed by atoms with Crippen LogP contribution in [-0.4, -0.2) is 60.9 Å². The highest BCUT2D eigenvalue weighted by Crippen LogP contribution is 2.33. The highest BCUT2D eigenvalue weighted by atomic mass is 16.6. The summed E-state index contributed by atoms with van der Waals surface area (Å²) in [5.41, 5.74) is 4.05. The van der Waals surface area contributed by atoms with E-state index in [1.165, 1.54) is 0 Å². The molecule has 5 rings (SSSR count). The standard InChI is InChI=1S/C27H32N6O4/c1-16-11-22(30-33-14-17(2)29-24(16)33)19-12-21-20(13-23(19)36-6)25(34)32(15-28-21)18-7-9-31(10-8-18)26(35)37-27(3,4)5/h11-15,18H,7-10H2,1-6H3. The van der Waals surface area contributed by atoms with E-state index in [0.29, 0.717) is 48.3 Å². The molecule has 1 aliphatic heterocycles. The minimum atomic E-state index is -0.539. The molecule has 194 valence electrons. The Kier molecular flexibility index (Phi) is 6.13. The molecule has 1 fully saturated rings. The van der Waals surface area contributed by atoms with Gasteiger partial charge in [0.1, 0.15) is 11.4 Å². The molecule has 4 aromatic rings. The number of hydrogen-bond donors (Lipinski definition) is 0. The number of hydrogen-bond acceptors (Lipinski definition) is 7. The van der Waals surface area contributed by atoms with E-state index in [-0.39, 0.29) is 17.7 Å². The number of carbonyl (C=O) groups excluding carboxylic acids is 1. The molecular weight excluding hydrogens is 472 g/mol. The largest absolute Gasteiger partial charge is 0.496 e. The van der Waals surface area contributed by atoms with Crippen molar-refractivity contribution >= 4 is 22.6 Å². The van der Waals surface area contributed by atoms with Gasteiger partial charge in [-0.2, -0.15) is 5.10 Å². The van der Waals surface area contributed by atoms with E-state index in [2.05, 4.69) is 9.97 Å². The third-order valence-electron chi connectivity index (χ3n) is 6.62. The molecule has 0 spiro atoms.